The summed E-state index contributed by atoms with van der Waals surface area (Å²) in [6.45, 7) is 4.21. The van der Waals surface area contributed by atoms with Crippen LogP contribution in [0.25, 0.3) is 10.5 Å². The van der Waals surface area contributed by atoms with Crippen molar-refractivity contribution in [2.75, 3.05) is 5.75 Å². The fourth-order valence-corrected chi connectivity index (χ4v) is 5.14. The van der Waals surface area contributed by atoms with Crippen molar-refractivity contribution in [3.05, 3.63) is 89.7 Å². The normalized spacial score (nSPS) is 13.8. The Balaban J connectivity index is 0.00000291. The van der Waals surface area contributed by atoms with E-state index in [1.54, 1.807) is 0 Å². The van der Waals surface area contributed by atoms with Crippen molar-refractivity contribution in [3.8, 4) is 0 Å². The van der Waals surface area contributed by atoms with Crippen LogP contribution in [0.15, 0.2) is 60.7 Å². The van der Waals surface area contributed by atoms with Gasteiger partial charge in [0.05, 0.1) is 10.0 Å². The van der Waals surface area contributed by atoms with E-state index in [1.807, 2.05) is 78.0 Å². The molecule has 2 aromatic rings. The maximum atomic E-state index is 12.9. The zero-order valence-electron chi connectivity index (χ0n) is 18.7. The number of nitrogens with one attached hydrogen (secondary N) is 1. The molecule has 0 saturated heterocycles. The van der Waals surface area contributed by atoms with E-state index >= 15 is 0 Å². The number of rotatable bonds is 12. The summed E-state index contributed by atoms with van der Waals surface area (Å²) in [4.78, 5) is 0. The molecule has 7 heteroatoms. The number of nitrogens with zero attached hydrogens (tertiary/aromatic N) is 1. The van der Waals surface area contributed by atoms with Crippen molar-refractivity contribution in [2.24, 2.45) is 5.92 Å². The molecule has 0 amide bonds. The van der Waals surface area contributed by atoms with Gasteiger partial charge in [-0.2, -0.15) is 0 Å². The Morgan fingerprint density at radius 2 is 1.42 bits per heavy atom. The molecule has 0 spiro atoms. The van der Waals surface area contributed by atoms with Crippen LogP contribution in [-0.4, -0.2) is 14.2 Å². The van der Waals surface area contributed by atoms with E-state index in [2.05, 4.69) is 28.3 Å². The van der Waals surface area contributed by atoms with Crippen LogP contribution >= 0.6 is 9.69 Å². The van der Waals surface area contributed by atoms with E-state index in [1.165, 1.54) is 0 Å². The van der Waals surface area contributed by atoms with Crippen LogP contribution in [0.4, 0.5) is 0 Å². The van der Waals surface area contributed by atoms with Gasteiger partial charge in [0.25, 0.3) is 0 Å². The predicted octanol–water partition coefficient (Wildman–Crippen LogP) is 7.97. The average molecular weight is 552 g/mol. The van der Waals surface area contributed by atoms with Crippen LogP contribution in [0.1, 0.15) is 69.2 Å². The van der Waals surface area contributed by atoms with Crippen molar-refractivity contribution in [1.29, 1.82) is 0 Å². The number of halogens is 1. The Morgan fingerprint density at radius 1 is 0.903 bits per heavy atom. The molecule has 0 aromatic heterocycles. The van der Waals surface area contributed by atoms with Crippen LogP contribution in [0, 0.1) is 13.3 Å². The summed E-state index contributed by atoms with van der Waals surface area (Å²) in [5.41, 5.74) is 10.2. The molecule has 0 aliphatic rings. The minimum atomic E-state index is -3.63. The summed E-state index contributed by atoms with van der Waals surface area (Å²) in [6.07, 6.45) is 4.88. The van der Waals surface area contributed by atoms with E-state index in [9.17, 15) is 8.42 Å². The van der Waals surface area contributed by atoms with Crippen LogP contribution in [0.5, 0.6) is 0 Å². The first-order valence-electron chi connectivity index (χ1n) is 10.4. The summed E-state index contributed by atoms with van der Waals surface area (Å²) >= 11 is 1.82. The first-order chi connectivity index (χ1) is 14.5. The zero-order valence-corrected chi connectivity index (χ0v) is 22.0. The summed E-state index contributed by atoms with van der Waals surface area (Å²) in [6, 6.07) is 17.2. The number of unbranched alkanes of at least 4 members (excludes halogenated alkanes) is 1. The SMILES string of the molecule is CCCCC(CCC)CS(=O)(=O)[N-]C(c1ccccc1)C([NH-])c1ccccc1.[CH3-].[Cl][Ru+3]. The summed E-state index contributed by atoms with van der Waals surface area (Å²) in [5, 5.41) is 0. The van der Waals surface area contributed by atoms with Gasteiger partial charge < -0.3 is 17.9 Å². The molecule has 3 atom stereocenters. The molecule has 0 bridgehead atoms. The predicted molar refractivity (Wildman–Crippen MR) is 130 cm³/mol. The van der Waals surface area contributed by atoms with Crippen molar-refractivity contribution < 1.29 is 25.7 Å². The Bertz CT molecular complexity index is 792. The Labute approximate surface area is 204 Å². The Kier molecular flexibility index (Phi) is 16.4. The van der Waals surface area contributed by atoms with Gasteiger partial charge >= 0.3 is 27.0 Å². The number of hydrogen-bond acceptors (Lipinski definition) is 2. The quantitative estimate of drug-likeness (QED) is 0.198. The molecule has 174 valence electrons. The van der Waals surface area contributed by atoms with Gasteiger partial charge in [0.1, 0.15) is 0 Å². The van der Waals surface area contributed by atoms with Crippen molar-refractivity contribution >= 4 is 19.7 Å². The first-order valence-corrected chi connectivity index (χ1v) is 14.2. The summed E-state index contributed by atoms with van der Waals surface area (Å²) < 4.78 is 30.2. The molecule has 0 radical (unpaired) electrons. The maximum absolute atomic E-state index is 12.9. The van der Waals surface area contributed by atoms with Crippen molar-refractivity contribution in [1.82, 2.24) is 0 Å². The second-order valence-corrected chi connectivity index (χ2v) is 9.10. The minimum absolute atomic E-state index is 0. The molecular weight excluding hydrogens is 517 g/mol. The van der Waals surface area contributed by atoms with Gasteiger partial charge in [-0.3, -0.25) is 0 Å². The van der Waals surface area contributed by atoms with E-state index < -0.39 is 22.1 Å². The van der Waals surface area contributed by atoms with E-state index in [0.717, 1.165) is 43.2 Å². The molecule has 0 saturated carbocycles. The third-order valence-corrected chi connectivity index (χ3v) is 6.44. The fraction of sp³-hybridized carbons (Fsp3) is 0.458. The third-order valence-electron chi connectivity index (χ3n) is 5.00. The Hall–Kier alpha value is -0.777. The molecule has 1 N–H and O–H groups in total. The van der Waals surface area contributed by atoms with Gasteiger partial charge in [0, 0.05) is 5.75 Å². The zero-order chi connectivity index (χ0) is 22.4. The van der Waals surface area contributed by atoms with Gasteiger partial charge in [0.15, 0.2) is 0 Å². The monoisotopic (exact) mass is 552 g/mol. The molecule has 0 heterocycles. The molecule has 3 unspecified atom stereocenters. The molecule has 0 aliphatic carbocycles. The molecular formula is C24H35ClN2O2RuS. The van der Waals surface area contributed by atoms with E-state index in [0.29, 0.717) is 0 Å². The topological polar surface area (TPSA) is 72.0 Å². The van der Waals surface area contributed by atoms with Gasteiger partial charge in [-0.25, -0.2) is 8.42 Å². The van der Waals surface area contributed by atoms with E-state index in [-0.39, 0.29) is 19.1 Å². The Morgan fingerprint density at radius 3 is 1.90 bits per heavy atom. The summed E-state index contributed by atoms with van der Waals surface area (Å²) in [7, 11) is 0.940. The van der Waals surface area contributed by atoms with Crippen LogP contribution < -0.4 is 0 Å². The van der Waals surface area contributed by atoms with Gasteiger partial charge in [-0.1, -0.05) is 105 Å². The second kappa shape index (κ2) is 16.8. The molecule has 0 aliphatic heterocycles. The number of sulfonamides is 1. The van der Waals surface area contributed by atoms with Crippen LogP contribution in [0.2, 0.25) is 0 Å². The standard InChI is InChI=1S/C23H32N2O2S.CH3.ClH.Ru/c1-3-5-13-19(12-4-2)18-28(26,27)25-23(21-16-10-7-11-17-21)22(24)20-14-8-6-9-15-20;;;/h6-11,14-17,19,22-24H,3-5,12-13,18H2,1-2H3;1H3;1H;/q-2;-1;;+4/p-1. The van der Waals surface area contributed by atoms with Crippen LogP contribution in [0.3, 0.4) is 0 Å². The van der Waals surface area contributed by atoms with E-state index in [4.69, 9.17) is 5.73 Å². The number of hydrogen-bond donors (Lipinski definition) is 0. The fourth-order valence-electron chi connectivity index (χ4n) is 3.53. The molecule has 4 nitrogen and oxygen atoms in total. The molecule has 2 rings (SSSR count). The third kappa shape index (κ3) is 11.1. The van der Waals surface area contributed by atoms with Gasteiger partial charge in [-0.05, 0) is 18.8 Å². The van der Waals surface area contributed by atoms with Gasteiger partial charge in [0.2, 0.25) is 0 Å². The average Bonchev–Trinajstić information content (AvgIpc) is 2.78. The number of benzene rings is 2. The second-order valence-electron chi connectivity index (χ2n) is 7.39. The van der Waals surface area contributed by atoms with Crippen molar-refractivity contribution in [3.63, 3.8) is 0 Å². The van der Waals surface area contributed by atoms with Crippen LogP contribution in [-0.2, 0) is 27.3 Å². The molecule has 0 fully saturated rings. The first kappa shape index (κ1) is 30.2. The summed E-state index contributed by atoms with van der Waals surface area (Å²) in [5.74, 6) is 0.210. The molecule has 31 heavy (non-hydrogen) atoms. The van der Waals surface area contributed by atoms with Crippen molar-refractivity contribution in [2.45, 2.75) is 58.0 Å². The van der Waals surface area contributed by atoms with Gasteiger partial charge in [-0.15, -0.1) is 12.1 Å². The molecule has 2 aromatic carbocycles.